The van der Waals surface area contributed by atoms with Gasteiger partial charge in [0.15, 0.2) is 6.10 Å². The molecule has 148 valence electrons. The van der Waals surface area contributed by atoms with E-state index >= 15 is 0 Å². The van der Waals surface area contributed by atoms with E-state index in [0.717, 1.165) is 36.2 Å². The number of hydrogen-bond acceptors (Lipinski definition) is 4. The summed E-state index contributed by atoms with van der Waals surface area (Å²) >= 11 is 0. The highest BCUT2D eigenvalue weighted by molar-refractivity contribution is 6.06. The zero-order valence-electron chi connectivity index (χ0n) is 15.7. The molecule has 1 aliphatic rings. The number of aryl methyl sites for hydroxylation is 1. The first-order valence-electron chi connectivity index (χ1n) is 9.32. The maximum atomic E-state index is 13.8. The number of nitrogens with one attached hydrogen (secondary N) is 1. The first-order chi connectivity index (χ1) is 14.0. The highest BCUT2D eigenvalue weighted by Gasteiger charge is 2.27. The number of pyridine rings is 1. The molecule has 29 heavy (non-hydrogen) atoms. The lowest BCUT2D eigenvalue weighted by atomic mass is 10.0. The van der Waals surface area contributed by atoms with E-state index in [0.29, 0.717) is 22.9 Å². The molecular weight excluding hydrogens is 378 g/mol. The Morgan fingerprint density at radius 3 is 2.55 bits per heavy atom. The van der Waals surface area contributed by atoms with E-state index in [2.05, 4.69) is 10.3 Å². The second-order valence-electron chi connectivity index (χ2n) is 6.92. The van der Waals surface area contributed by atoms with Crippen LogP contribution in [0.5, 0.6) is 0 Å². The van der Waals surface area contributed by atoms with E-state index in [9.17, 15) is 18.4 Å². The number of benzene rings is 2. The minimum Gasteiger partial charge on any atom is -0.449 e. The Labute approximate surface area is 165 Å². The number of amides is 1. The van der Waals surface area contributed by atoms with Crippen molar-refractivity contribution >= 4 is 28.5 Å². The third-order valence-corrected chi connectivity index (χ3v) is 4.99. The monoisotopic (exact) mass is 396 g/mol. The molecule has 1 heterocycles. The van der Waals surface area contributed by atoms with Crippen LogP contribution in [0, 0.1) is 11.6 Å². The van der Waals surface area contributed by atoms with Gasteiger partial charge in [0.2, 0.25) is 0 Å². The molecule has 5 nitrogen and oxygen atoms in total. The minimum atomic E-state index is -1.24. The van der Waals surface area contributed by atoms with Crippen LogP contribution in [0.1, 0.15) is 35.0 Å². The molecule has 3 aromatic rings. The highest BCUT2D eigenvalue weighted by atomic mass is 19.1. The summed E-state index contributed by atoms with van der Waals surface area (Å²) in [5, 5.41) is 2.80. The number of hydrogen-bond donors (Lipinski definition) is 1. The fourth-order valence-corrected chi connectivity index (χ4v) is 3.56. The van der Waals surface area contributed by atoms with Crippen molar-refractivity contribution in [3.05, 3.63) is 70.9 Å². The highest BCUT2D eigenvalue weighted by Crippen LogP contribution is 2.30. The van der Waals surface area contributed by atoms with Gasteiger partial charge in [-0.15, -0.1) is 0 Å². The maximum absolute atomic E-state index is 13.8. The van der Waals surface area contributed by atoms with Crippen LogP contribution >= 0.6 is 0 Å². The summed E-state index contributed by atoms with van der Waals surface area (Å²) in [5.41, 5.74) is 2.21. The lowest BCUT2D eigenvalue weighted by molar-refractivity contribution is -0.123. The van der Waals surface area contributed by atoms with Gasteiger partial charge in [-0.25, -0.2) is 13.6 Å². The molecule has 0 saturated heterocycles. The number of fused-ring (bicyclic) bond motifs is 2. The van der Waals surface area contributed by atoms with Gasteiger partial charge in [-0.2, -0.15) is 0 Å². The number of carbonyl (C=O) groups is 2. The molecule has 1 amide bonds. The number of para-hydroxylation sites is 2. The Bertz CT molecular complexity index is 1110. The topological polar surface area (TPSA) is 68.3 Å². The fraction of sp³-hybridized carbons (Fsp3) is 0.227. The molecule has 1 aromatic heterocycles. The summed E-state index contributed by atoms with van der Waals surface area (Å²) in [4.78, 5) is 29.9. The molecule has 2 aromatic carbocycles. The largest absolute Gasteiger partial charge is 0.449 e. The SMILES string of the molecule is C[C@H](OC(=O)c1c2c(nc3ccccc13)CCC2)C(=O)Nc1c(F)cccc1F. The van der Waals surface area contributed by atoms with Crippen LogP contribution in [0.15, 0.2) is 42.5 Å². The van der Waals surface area contributed by atoms with Crippen LogP contribution in [0.2, 0.25) is 0 Å². The number of rotatable bonds is 4. The Hall–Kier alpha value is -3.35. The van der Waals surface area contributed by atoms with Gasteiger partial charge in [0, 0.05) is 11.1 Å². The molecule has 0 spiro atoms. The van der Waals surface area contributed by atoms with E-state index in [1.54, 1.807) is 12.1 Å². The predicted molar refractivity (Wildman–Crippen MR) is 104 cm³/mol. The molecule has 0 aliphatic heterocycles. The van der Waals surface area contributed by atoms with E-state index in [-0.39, 0.29) is 0 Å². The summed E-state index contributed by atoms with van der Waals surface area (Å²) in [5.74, 6) is -3.29. The number of esters is 1. The number of ether oxygens (including phenoxy) is 1. The van der Waals surface area contributed by atoms with E-state index < -0.39 is 35.3 Å². The zero-order valence-corrected chi connectivity index (χ0v) is 15.7. The van der Waals surface area contributed by atoms with Crippen LogP contribution in [0.4, 0.5) is 14.5 Å². The predicted octanol–water partition coefficient (Wildman–Crippen LogP) is 4.19. The van der Waals surface area contributed by atoms with E-state index in [4.69, 9.17) is 4.74 Å². The fourth-order valence-electron chi connectivity index (χ4n) is 3.56. The van der Waals surface area contributed by atoms with Crippen LogP contribution in [0.25, 0.3) is 10.9 Å². The van der Waals surface area contributed by atoms with Crippen molar-refractivity contribution in [2.45, 2.75) is 32.3 Å². The Kier molecular flexibility index (Phi) is 4.96. The molecule has 1 N–H and O–H groups in total. The van der Waals surface area contributed by atoms with E-state index in [1.807, 2.05) is 12.1 Å². The van der Waals surface area contributed by atoms with Crippen LogP contribution in [-0.4, -0.2) is 23.0 Å². The third kappa shape index (κ3) is 3.55. The van der Waals surface area contributed by atoms with Crippen molar-refractivity contribution in [1.82, 2.24) is 4.98 Å². The smallest absolute Gasteiger partial charge is 0.339 e. The van der Waals surface area contributed by atoms with E-state index in [1.165, 1.54) is 13.0 Å². The summed E-state index contributed by atoms with van der Waals surface area (Å²) < 4.78 is 32.9. The van der Waals surface area contributed by atoms with Crippen molar-refractivity contribution in [3.8, 4) is 0 Å². The quantitative estimate of drug-likeness (QED) is 0.672. The van der Waals surface area contributed by atoms with Gasteiger partial charge in [-0.3, -0.25) is 9.78 Å². The second kappa shape index (κ2) is 7.58. The van der Waals surface area contributed by atoms with Crippen molar-refractivity contribution in [2.75, 3.05) is 5.32 Å². The molecule has 1 aliphatic carbocycles. The molecular formula is C22H18F2N2O3. The van der Waals surface area contributed by atoms with Gasteiger partial charge in [-0.05, 0) is 49.9 Å². The standard InChI is InChI=1S/C22H18F2N2O3/c1-12(21(27)26-20-15(23)8-5-9-16(20)24)29-22(28)19-13-6-2-3-10-17(13)25-18-11-4-7-14(18)19/h2-3,5-6,8-10,12H,4,7,11H2,1H3,(H,26,27)/t12-/m0/s1. The van der Waals surface area contributed by atoms with Crippen molar-refractivity contribution in [1.29, 1.82) is 0 Å². The molecule has 0 unspecified atom stereocenters. The minimum absolute atomic E-state index is 0.403. The van der Waals surface area contributed by atoms with Crippen LogP contribution in [-0.2, 0) is 22.4 Å². The summed E-state index contributed by atoms with van der Waals surface area (Å²) in [6.45, 7) is 1.36. The first-order valence-corrected chi connectivity index (χ1v) is 9.32. The number of carbonyl (C=O) groups excluding carboxylic acids is 2. The van der Waals surface area contributed by atoms with Gasteiger partial charge in [0.1, 0.15) is 17.3 Å². The van der Waals surface area contributed by atoms with Crippen molar-refractivity contribution in [3.63, 3.8) is 0 Å². The molecule has 1 atom stereocenters. The van der Waals surface area contributed by atoms with Gasteiger partial charge in [0.05, 0.1) is 11.1 Å². The van der Waals surface area contributed by atoms with Crippen molar-refractivity contribution < 1.29 is 23.1 Å². The molecule has 0 bridgehead atoms. The normalized spacial score (nSPS) is 13.8. The Morgan fingerprint density at radius 1 is 1.07 bits per heavy atom. The molecule has 0 saturated carbocycles. The van der Waals surface area contributed by atoms with Gasteiger partial charge >= 0.3 is 5.97 Å². The van der Waals surface area contributed by atoms with Crippen LogP contribution < -0.4 is 5.32 Å². The number of halogens is 2. The van der Waals surface area contributed by atoms with Gasteiger partial charge < -0.3 is 10.1 Å². The average Bonchev–Trinajstić information content (AvgIpc) is 3.16. The summed E-state index contributed by atoms with van der Waals surface area (Å²) in [6.07, 6.45) is 1.13. The molecule has 7 heteroatoms. The maximum Gasteiger partial charge on any atom is 0.339 e. The molecule has 0 fully saturated rings. The lowest BCUT2D eigenvalue weighted by Crippen LogP contribution is -2.31. The van der Waals surface area contributed by atoms with Gasteiger partial charge in [-0.1, -0.05) is 24.3 Å². The number of aromatic nitrogens is 1. The average molecular weight is 396 g/mol. The zero-order chi connectivity index (χ0) is 20.5. The van der Waals surface area contributed by atoms with Crippen molar-refractivity contribution in [2.24, 2.45) is 0 Å². The first kappa shape index (κ1) is 19.0. The Morgan fingerprint density at radius 2 is 1.79 bits per heavy atom. The summed E-state index contributed by atoms with van der Waals surface area (Å²) in [6, 6.07) is 10.5. The summed E-state index contributed by atoms with van der Waals surface area (Å²) in [7, 11) is 0. The van der Waals surface area contributed by atoms with Crippen LogP contribution in [0.3, 0.4) is 0 Å². The molecule has 0 radical (unpaired) electrons. The number of anilines is 1. The van der Waals surface area contributed by atoms with Gasteiger partial charge in [0.25, 0.3) is 5.91 Å². The number of nitrogens with zero attached hydrogens (tertiary/aromatic N) is 1. The molecule has 4 rings (SSSR count). The third-order valence-electron chi connectivity index (χ3n) is 4.99. The Balaban J connectivity index is 1.59. The second-order valence-corrected chi connectivity index (χ2v) is 6.92. The lowest BCUT2D eigenvalue weighted by Gasteiger charge is -2.16.